The molecule has 1 aromatic heterocycles. The molecule has 1 N–H and O–H groups in total. The minimum atomic E-state index is -0.119. The number of carbonyl (C=O) groups excluding carboxylic acids is 2. The van der Waals surface area contributed by atoms with Gasteiger partial charge in [0.1, 0.15) is 0 Å². The minimum Gasteiger partial charge on any atom is -0.334 e. The second kappa shape index (κ2) is 10.7. The normalized spacial score (nSPS) is 12.6. The quantitative estimate of drug-likeness (QED) is 0.380. The first-order valence-electron chi connectivity index (χ1n) is 11.0. The van der Waals surface area contributed by atoms with Crippen LogP contribution in [0.4, 0.5) is 0 Å². The Morgan fingerprint density at radius 3 is 2.62 bits per heavy atom. The fourth-order valence-electron chi connectivity index (χ4n) is 3.95. The van der Waals surface area contributed by atoms with Crippen molar-refractivity contribution in [3.8, 4) is 11.1 Å². The van der Waals surface area contributed by atoms with E-state index in [-0.39, 0.29) is 11.8 Å². The number of rotatable bonds is 10. The Morgan fingerprint density at radius 1 is 0.969 bits per heavy atom. The molecule has 32 heavy (non-hydrogen) atoms. The molecule has 1 aliphatic rings. The van der Waals surface area contributed by atoms with E-state index in [1.807, 2.05) is 71.8 Å². The van der Waals surface area contributed by atoms with Crippen molar-refractivity contribution in [2.24, 2.45) is 0 Å². The Labute approximate surface area is 188 Å². The van der Waals surface area contributed by atoms with E-state index < -0.39 is 0 Å². The van der Waals surface area contributed by atoms with Gasteiger partial charge in [0.25, 0.3) is 5.91 Å². The van der Waals surface area contributed by atoms with Crippen molar-refractivity contribution in [3.63, 3.8) is 0 Å². The standard InChI is InChI=1S/C26H27N3O3/c30-25(28-32-19-20-9-3-1-4-10-20)14-5-2-6-16-29-18-24-22(21-11-8-15-27-17-21)12-7-13-23(24)26(29)31/h1,3-4,7-13,15,17H,2,5-6,14,16,18-19H2,(H,28,30). The zero-order valence-electron chi connectivity index (χ0n) is 18.0. The summed E-state index contributed by atoms with van der Waals surface area (Å²) in [6.07, 6.45) is 6.49. The van der Waals surface area contributed by atoms with Crippen LogP contribution in [0.3, 0.4) is 0 Å². The van der Waals surface area contributed by atoms with Crippen LogP contribution >= 0.6 is 0 Å². The molecule has 6 heteroatoms. The fraction of sp³-hybridized carbons (Fsp3) is 0.269. The van der Waals surface area contributed by atoms with Crippen LogP contribution in [-0.2, 0) is 22.8 Å². The summed E-state index contributed by atoms with van der Waals surface area (Å²) in [5.74, 6) is -0.0375. The Morgan fingerprint density at radius 2 is 1.81 bits per heavy atom. The summed E-state index contributed by atoms with van der Waals surface area (Å²) < 4.78 is 0. The SMILES string of the molecule is O=C(CCCCCN1Cc2c(cccc2-c2cccnc2)C1=O)NOCc1ccccc1. The predicted octanol–water partition coefficient (Wildman–Crippen LogP) is 4.51. The summed E-state index contributed by atoms with van der Waals surface area (Å²) in [7, 11) is 0. The lowest BCUT2D eigenvalue weighted by atomic mass is 9.98. The molecule has 6 nitrogen and oxygen atoms in total. The zero-order chi connectivity index (χ0) is 22.2. The third kappa shape index (κ3) is 5.39. The monoisotopic (exact) mass is 429 g/mol. The second-order valence-corrected chi connectivity index (χ2v) is 7.91. The van der Waals surface area contributed by atoms with Crippen LogP contribution in [0.15, 0.2) is 73.1 Å². The maximum atomic E-state index is 12.8. The average Bonchev–Trinajstić information content (AvgIpc) is 3.16. The lowest BCUT2D eigenvalue weighted by Crippen LogP contribution is -2.25. The highest BCUT2D eigenvalue weighted by atomic mass is 16.6. The summed E-state index contributed by atoms with van der Waals surface area (Å²) in [5.41, 5.74) is 7.45. The second-order valence-electron chi connectivity index (χ2n) is 7.91. The highest BCUT2D eigenvalue weighted by molar-refractivity contribution is 6.00. The van der Waals surface area contributed by atoms with Crippen molar-refractivity contribution < 1.29 is 14.4 Å². The van der Waals surface area contributed by atoms with E-state index in [1.54, 1.807) is 6.20 Å². The highest BCUT2D eigenvalue weighted by Crippen LogP contribution is 2.32. The van der Waals surface area contributed by atoms with Crippen LogP contribution in [0, 0.1) is 0 Å². The van der Waals surface area contributed by atoms with Crippen molar-refractivity contribution in [2.75, 3.05) is 6.54 Å². The minimum absolute atomic E-state index is 0.0813. The van der Waals surface area contributed by atoms with Crippen LogP contribution < -0.4 is 5.48 Å². The number of hydrogen-bond acceptors (Lipinski definition) is 4. The molecule has 0 spiro atoms. The highest BCUT2D eigenvalue weighted by Gasteiger charge is 2.28. The first kappa shape index (κ1) is 21.7. The summed E-state index contributed by atoms with van der Waals surface area (Å²) in [6, 6.07) is 19.5. The third-order valence-electron chi connectivity index (χ3n) is 5.61. The number of amides is 2. The molecule has 0 aliphatic carbocycles. The summed E-state index contributed by atoms with van der Waals surface area (Å²) in [5, 5.41) is 0. The smallest absolute Gasteiger partial charge is 0.254 e. The first-order valence-corrected chi connectivity index (χ1v) is 11.0. The van der Waals surface area contributed by atoms with Gasteiger partial charge in [-0.25, -0.2) is 5.48 Å². The molecule has 0 bridgehead atoms. The van der Waals surface area contributed by atoms with E-state index in [0.717, 1.165) is 47.1 Å². The van der Waals surface area contributed by atoms with Gasteiger partial charge in [-0.2, -0.15) is 0 Å². The molecule has 2 amide bonds. The average molecular weight is 430 g/mol. The Hall–Kier alpha value is -3.51. The van der Waals surface area contributed by atoms with Crippen LogP contribution in [-0.4, -0.2) is 28.2 Å². The van der Waals surface area contributed by atoms with Gasteiger partial charge in [0.05, 0.1) is 6.61 Å². The Balaban J connectivity index is 1.18. The van der Waals surface area contributed by atoms with Crippen LogP contribution in [0.2, 0.25) is 0 Å². The van der Waals surface area contributed by atoms with Gasteiger partial charge in [-0.1, -0.05) is 55.0 Å². The van der Waals surface area contributed by atoms with Gasteiger partial charge < -0.3 is 4.90 Å². The number of hydroxylamine groups is 1. The summed E-state index contributed by atoms with van der Waals surface area (Å²) in [6.45, 7) is 1.66. The Kier molecular flexibility index (Phi) is 7.25. The van der Waals surface area contributed by atoms with Crippen LogP contribution in [0.1, 0.15) is 47.2 Å². The van der Waals surface area contributed by atoms with Gasteiger partial charge in [0.2, 0.25) is 5.91 Å². The maximum absolute atomic E-state index is 12.8. The van der Waals surface area contributed by atoms with E-state index in [4.69, 9.17) is 4.84 Å². The first-order chi connectivity index (χ1) is 15.7. The molecule has 2 aromatic carbocycles. The topological polar surface area (TPSA) is 71.5 Å². The number of nitrogens with one attached hydrogen (secondary N) is 1. The van der Waals surface area contributed by atoms with Crippen molar-refractivity contribution in [1.82, 2.24) is 15.4 Å². The maximum Gasteiger partial charge on any atom is 0.254 e. The van der Waals surface area contributed by atoms with Crippen molar-refractivity contribution in [3.05, 3.63) is 89.7 Å². The molecule has 0 atom stereocenters. The molecule has 0 fully saturated rings. The van der Waals surface area contributed by atoms with Gasteiger partial charge in [-0.05, 0) is 41.7 Å². The molecule has 0 unspecified atom stereocenters. The number of carbonyl (C=O) groups is 2. The number of unbranched alkanes of at least 4 members (excludes halogenated alkanes) is 2. The Bertz CT molecular complexity index is 1050. The van der Waals surface area contributed by atoms with Gasteiger partial charge in [0, 0.05) is 43.0 Å². The molecule has 0 radical (unpaired) electrons. The van der Waals surface area contributed by atoms with E-state index in [1.165, 1.54) is 0 Å². The predicted molar refractivity (Wildman–Crippen MR) is 122 cm³/mol. The van der Waals surface area contributed by atoms with Gasteiger partial charge >= 0.3 is 0 Å². The number of nitrogens with zero attached hydrogens (tertiary/aromatic N) is 2. The van der Waals surface area contributed by atoms with Gasteiger partial charge in [0.15, 0.2) is 0 Å². The molecular formula is C26H27N3O3. The number of benzene rings is 2. The van der Waals surface area contributed by atoms with Crippen molar-refractivity contribution in [2.45, 2.75) is 38.8 Å². The van der Waals surface area contributed by atoms with E-state index in [9.17, 15) is 9.59 Å². The summed E-state index contributed by atoms with van der Waals surface area (Å²) in [4.78, 5) is 36.1. The number of pyridine rings is 1. The number of hydrogen-bond donors (Lipinski definition) is 1. The molecule has 0 saturated carbocycles. The molecule has 3 aromatic rings. The van der Waals surface area contributed by atoms with E-state index in [0.29, 0.717) is 26.1 Å². The lowest BCUT2D eigenvalue weighted by molar-refractivity contribution is -0.134. The molecule has 1 aliphatic heterocycles. The van der Waals surface area contributed by atoms with Crippen molar-refractivity contribution >= 4 is 11.8 Å². The van der Waals surface area contributed by atoms with Crippen LogP contribution in [0.5, 0.6) is 0 Å². The van der Waals surface area contributed by atoms with E-state index >= 15 is 0 Å². The fourth-order valence-corrected chi connectivity index (χ4v) is 3.95. The number of fused-ring (bicyclic) bond motifs is 1. The van der Waals surface area contributed by atoms with Crippen LogP contribution in [0.25, 0.3) is 11.1 Å². The van der Waals surface area contributed by atoms with Gasteiger partial charge in [-0.3, -0.25) is 19.4 Å². The molecule has 4 rings (SSSR count). The molecular weight excluding hydrogens is 402 g/mol. The van der Waals surface area contributed by atoms with E-state index in [2.05, 4.69) is 10.5 Å². The number of aromatic nitrogens is 1. The third-order valence-corrected chi connectivity index (χ3v) is 5.61. The zero-order valence-corrected chi connectivity index (χ0v) is 18.0. The molecule has 2 heterocycles. The molecule has 164 valence electrons. The van der Waals surface area contributed by atoms with Gasteiger partial charge in [-0.15, -0.1) is 0 Å². The summed E-state index contributed by atoms with van der Waals surface area (Å²) >= 11 is 0. The largest absolute Gasteiger partial charge is 0.334 e. The lowest BCUT2D eigenvalue weighted by Gasteiger charge is -2.15. The van der Waals surface area contributed by atoms with Crippen molar-refractivity contribution in [1.29, 1.82) is 0 Å². The molecule has 0 saturated heterocycles.